The molecule has 0 saturated heterocycles. The lowest BCUT2D eigenvalue weighted by atomic mass is 10.3. The molecular weight excluding hydrogens is 254 g/mol. The number of benzene rings is 1. The highest BCUT2D eigenvalue weighted by atomic mass is 35.5. The summed E-state index contributed by atoms with van der Waals surface area (Å²) in [7, 11) is 0. The first-order valence-corrected chi connectivity index (χ1v) is 5.78. The largest absolute Gasteiger partial charge is 0.435 e. The molecule has 0 radical (unpaired) electrons. The molecule has 1 aromatic carbocycles. The van der Waals surface area contributed by atoms with Crippen LogP contribution in [0.2, 0.25) is 5.02 Å². The predicted molar refractivity (Wildman–Crippen MR) is 70.1 cm³/mol. The number of hydrogen-bond donors (Lipinski definition) is 1. The number of nitrogen functional groups attached to an aromatic ring is 1. The summed E-state index contributed by atoms with van der Waals surface area (Å²) in [6, 6.07) is 4.78. The van der Waals surface area contributed by atoms with Gasteiger partial charge in [0.05, 0.1) is 10.7 Å². The van der Waals surface area contributed by atoms with Crippen LogP contribution in [-0.2, 0) is 6.54 Å². The number of nitrogens with two attached hydrogens (primary N) is 1. The van der Waals surface area contributed by atoms with Gasteiger partial charge in [0.15, 0.2) is 0 Å². The van der Waals surface area contributed by atoms with Crippen molar-refractivity contribution in [3.63, 3.8) is 0 Å². The van der Waals surface area contributed by atoms with Crippen LogP contribution in [0.15, 0.2) is 35.4 Å². The predicted octanol–water partition coefficient (Wildman–Crippen LogP) is 2.29. The third kappa shape index (κ3) is 2.46. The average molecular weight is 266 g/mol. The second-order valence-corrected chi connectivity index (χ2v) is 4.02. The van der Waals surface area contributed by atoms with Crippen LogP contribution in [0.3, 0.4) is 0 Å². The van der Waals surface area contributed by atoms with Gasteiger partial charge in [0, 0.05) is 25.0 Å². The van der Waals surface area contributed by atoms with Gasteiger partial charge in [-0.15, -0.1) is 0 Å². The minimum Gasteiger partial charge on any atom is -0.435 e. The fraction of sp³-hybridized carbons (Fsp3) is 0.167. The molecule has 0 saturated carbocycles. The molecule has 6 heteroatoms. The second-order valence-electron chi connectivity index (χ2n) is 3.61. The van der Waals surface area contributed by atoms with Crippen molar-refractivity contribution in [3.8, 4) is 11.6 Å². The maximum Gasteiger partial charge on any atom is 0.313 e. The van der Waals surface area contributed by atoms with Crippen LogP contribution in [0.1, 0.15) is 6.92 Å². The smallest absolute Gasteiger partial charge is 0.313 e. The molecule has 1 heterocycles. The van der Waals surface area contributed by atoms with E-state index >= 15 is 0 Å². The van der Waals surface area contributed by atoms with E-state index in [1.165, 1.54) is 10.8 Å². The zero-order chi connectivity index (χ0) is 13.1. The number of ether oxygens (including phenoxy) is 1. The first-order valence-electron chi connectivity index (χ1n) is 5.40. The van der Waals surface area contributed by atoms with Crippen LogP contribution in [0.4, 0.5) is 5.69 Å². The van der Waals surface area contributed by atoms with Crippen LogP contribution < -0.4 is 16.0 Å². The van der Waals surface area contributed by atoms with Crippen LogP contribution in [0, 0.1) is 0 Å². The summed E-state index contributed by atoms with van der Waals surface area (Å²) in [5.41, 5.74) is 5.76. The quantitative estimate of drug-likeness (QED) is 0.865. The molecule has 2 N–H and O–H groups in total. The zero-order valence-electron chi connectivity index (χ0n) is 9.76. The third-order valence-corrected chi connectivity index (χ3v) is 2.74. The molecule has 0 fully saturated rings. The van der Waals surface area contributed by atoms with Gasteiger partial charge in [-0.3, -0.25) is 4.79 Å². The maximum absolute atomic E-state index is 11.9. The average Bonchev–Trinajstić information content (AvgIpc) is 2.36. The summed E-state index contributed by atoms with van der Waals surface area (Å²) in [6.07, 6.45) is 3.12. The van der Waals surface area contributed by atoms with E-state index in [0.717, 1.165) is 0 Å². The summed E-state index contributed by atoms with van der Waals surface area (Å²) in [6.45, 7) is 2.42. The van der Waals surface area contributed by atoms with Crippen LogP contribution in [0.25, 0.3) is 0 Å². The van der Waals surface area contributed by atoms with E-state index in [0.29, 0.717) is 23.0 Å². The Kier molecular flexibility index (Phi) is 3.53. The summed E-state index contributed by atoms with van der Waals surface area (Å²) in [5, 5.41) is 0.374. The number of nitrogens with zero attached hydrogens (tertiary/aromatic N) is 2. The summed E-state index contributed by atoms with van der Waals surface area (Å²) in [5.74, 6) is 0.438. The second kappa shape index (κ2) is 5.10. The number of anilines is 1. The Hall–Kier alpha value is -2.01. The molecule has 18 heavy (non-hydrogen) atoms. The molecule has 0 aliphatic heterocycles. The summed E-state index contributed by atoms with van der Waals surface area (Å²) >= 11 is 5.87. The molecule has 0 aliphatic rings. The minimum absolute atomic E-state index is 0.0141. The highest BCUT2D eigenvalue weighted by molar-refractivity contribution is 6.33. The van der Waals surface area contributed by atoms with Crippen molar-refractivity contribution < 1.29 is 4.74 Å². The Morgan fingerprint density at radius 2 is 2.28 bits per heavy atom. The number of rotatable bonds is 3. The van der Waals surface area contributed by atoms with Crippen molar-refractivity contribution in [2.75, 3.05) is 5.73 Å². The normalized spacial score (nSPS) is 10.3. The Morgan fingerprint density at radius 3 is 2.94 bits per heavy atom. The van der Waals surface area contributed by atoms with Crippen molar-refractivity contribution >= 4 is 17.3 Å². The first-order chi connectivity index (χ1) is 8.61. The Morgan fingerprint density at radius 1 is 1.50 bits per heavy atom. The Balaban J connectivity index is 2.34. The van der Waals surface area contributed by atoms with E-state index in [4.69, 9.17) is 22.1 Å². The number of aromatic nitrogens is 2. The molecule has 2 rings (SSSR count). The fourth-order valence-electron chi connectivity index (χ4n) is 1.43. The molecule has 0 aliphatic carbocycles. The van der Waals surface area contributed by atoms with E-state index in [1.807, 2.05) is 6.92 Å². The number of hydrogen-bond acceptors (Lipinski definition) is 4. The SMILES string of the molecule is CCn1ccnc(Oc2ccc(N)c(Cl)c2)c1=O. The van der Waals surface area contributed by atoms with Gasteiger partial charge in [0.2, 0.25) is 0 Å². The molecule has 5 nitrogen and oxygen atoms in total. The van der Waals surface area contributed by atoms with Crippen molar-refractivity contribution in [3.05, 3.63) is 46.0 Å². The van der Waals surface area contributed by atoms with Gasteiger partial charge >= 0.3 is 5.56 Å². The lowest BCUT2D eigenvalue weighted by molar-refractivity contribution is 0.445. The molecule has 2 aromatic rings. The molecule has 0 spiro atoms. The lowest BCUT2D eigenvalue weighted by Gasteiger charge is -2.07. The Labute approximate surface area is 109 Å². The van der Waals surface area contributed by atoms with Crippen LogP contribution in [-0.4, -0.2) is 9.55 Å². The molecule has 0 bridgehead atoms. The van der Waals surface area contributed by atoms with E-state index < -0.39 is 0 Å². The van der Waals surface area contributed by atoms with Crippen molar-refractivity contribution in [1.82, 2.24) is 9.55 Å². The van der Waals surface area contributed by atoms with Gasteiger partial charge in [-0.05, 0) is 19.1 Å². The van der Waals surface area contributed by atoms with E-state index in [2.05, 4.69) is 4.98 Å². The van der Waals surface area contributed by atoms with Gasteiger partial charge in [0.25, 0.3) is 5.88 Å². The van der Waals surface area contributed by atoms with Gasteiger partial charge in [-0.25, -0.2) is 4.98 Å². The Bertz CT molecular complexity index is 625. The first kappa shape index (κ1) is 12.4. The summed E-state index contributed by atoms with van der Waals surface area (Å²) < 4.78 is 6.90. The highest BCUT2D eigenvalue weighted by Gasteiger charge is 2.07. The minimum atomic E-state index is -0.284. The standard InChI is InChI=1S/C12H12ClN3O2/c1-2-16-6-5-15-11(12(16)17)18-8-3-4-10(14)9(13)7-8/h3-7H,2,14H2,1H3. The van der Waals surface area contributed by atoms with E-state index in [9.17, 15) is 4.79 Å². The molecule has 94 valence electrons. The monoisotopic (exact) mass is 265 g/mol. The number of aryl methyl sites for hydroxylation is 1. The maximum atomic E-state index is 11.9. The molecule has 0 amide bonds. The number of halogens is 1. The summed E-state index contributed by atoms with van der Waals surface area (Å²) in [4.78, 5) is 15.8. The van der Waals surface area contributed by atoms with Gasteiger partial charge in [-0.1, -0.05) is 11.6 Å². The van der Waals surface area contributed by atoms with Crippen LogP contribution in [0.5, 0.6) is 11.6 Å². The van der Waals surface area contributed by atoms with Gasteiger partial charge < -0.3 is 15.0 Å². The molecular formula is C12H12ClN3O2. The van der Waals surface area contributed by atoms with Gasteiger partial charge in [0.1, 0.15) is 5.75 Å². The molecule has 0 unspecified atom stereocenters. The highest BCUT2D eigenvalue weighted by Crippen LogP contribution is 2.26. The fourth-order valence-corrected chi connectivity index (χ4v) is 1.60. The van der Waals surface area contributed by atoms with Gasteiger partial charge in [-0.2, -0.15) is 0 Å². The van der Waals surface area contributed by atoms with Crippen molar-refractivity contribution in [2.24, 2.45) is 0 Å². The molecule has 1 aromatic heterocycles. The lowest BCUT2D eigenvalue weighted by Crippen LogP contribution is -2.20. The van der Waals surface area contributed by atoms with Crippen molar-refractivity contribution in [1.29, 1.82) is 0 Å². The molecule has 0 atom stereocenters. The van der Waals surface area contributed by atoms with E-state index in [-0.39, 0.29) is 11.4 Å². The van der Waals surface area contributed by atoms with Crippen LogP contribution >= 0.6 is 11.6 Å². The zero-order valence-corrected chi connectivity index (χ0v) is 10.5. The van der Waals surface area contributed by atoms with E-state index in [1.54, 1.807) is 24.4 Å². The van der Waals surface area contributed by atoms with Crippen molar-refractivity contribution in [2.45, 2.75) is 13.5 Å². The third-order valence-electron chi connectivity index (χ3n) is 2.41. The topological polar surface area (TPSA) is 70.1 Å².